The summed E-state index contributed by atoms with van der Waals surface area (Å²) >= 11 is 5.32. The Balaban J connectivity index is 2.28. The molecule has 6 heteroatoms. The quantitative estimate of drug-likeness (QED) is 0.580. The molecule has 1 amide bonds. The predicted octanol–water partition coefficient (Wildman–Crippen LogP) is 3.41. The van der Waals surface area contributed by atoms with E-state index in [4.69, 9.17) is 0 Å². The lowest BCUT2D eigenvalue weighted by Gasteiger charge is -2.08. The minimum Gasteiger partial charge on any atom is -0.507 e. The monoisotopic (exact) mass is 418 g/mol. The van der Waals surface area contributed by atoms with Crippen LogP contribution in [-0.4, -0.2) is 16.0 Å². The Morgan fingerprint density at radius 3 is 2.89 bits per heavy atom. The van der Waals surface area contributed by atoms with E-state index in [1.54, 1.807) is 30.5 Å². The normalized spacial score (nSPS) is 10.1. The van der Waals surface area contributed by atoms with E-state index in [-0.39, 0.29) is 17.2 Å². The Bertz CT molecular complexity index is 604. The van der Waals surface area contributed by atoms with Gasteiger partial charge in [0.25, 0.3) is 5.91 Å². The Hall–Kier alpha value is -1.15. The van der Waals surface area contributed by atoms with Gasteiger partial charge in [-0.2, -0.15) is 0 Å². The van der Waals surface area contributed by atoms with Crippen molar-refractivity contribution < 1.29 is 9.90 Å². The van der Waals surface area contributed by atoms with Crippen LogP contribution < -0.4 is 5.32 Å². The number of hydrogen-bond acceptors (Lipinski definition) is 3. The van der Waals surface area contributed by atoms with Crippen molar-refractivity contribution in [2.75, 3.05) is 5.32 Å². The number of pyridine rings is 1. The number of halogens is 2. The van der Waals surface area contributed by atoms with Gasteiger partial charge in [0.2, 0.25) is 0 Å². The maximum Gasteiger partial charge on any atom is 0.259 e. The van der Waals surface area contributed by atoms with E-state index in [0.29, 0.717) is 10.3 Å². The summed E-state index contributed by atoms with van der Waals surface area (Å²) in [6.45, 7) is 0. The molecule has 0 aliphatic heterocycles. The standard InChI is InChI=1S/C12H8BrIN2O2/c13-11-9(2-1-5-15-11)16-12(18)8-6-7(14)3-4-10(8)17/h1-6,17H,(H,16,18). The van der Waals surface area contributed by atoms with Gasteiger partial charge in [-0.1, -0.05) is 0 Å². The third-order valence-corrected chi connectivity index (χ3v) is 3.51. The molecule has 18 heavy (non-hydrogen) atoms. The highest BCUT2D eigenvalue weighted by Crippen LogP contribution is 2.23. The van der Waals surface area contributed by atoms with E-state index in [1.165, 1.54) is 6.07 Å². The molecule has 0 fully saturated rings. The zero-order chi connectivity index (χ0) is 13.1. The molecule has 1 aromatic heterocycles. The van der Waals surface area contributed by atoms with Crippen LogP contribution in [0.1, 0.15) is 10.4 Å². The lowest BCUT2D eigenvalue weighted by molar-refractivity contribution is 0.102. The van der Waals surface area contributed by atoms with Gasteiger partial charge in [0, 0.05) is 9.77 Å². The fourth-order valence-corrected chi connectivity index (χ4v) is 2.20. The SMILES string of the molecule is O=C(Nc1cccnc1Br)c1cc(I)ccc1O. The van der Waals surface area contributed by atoms with E-state index in [2.05, 4.69) is 48.8 Å². The zero-order valence-corrected chi connectivity index (χ0v) is 12.8. The second-order valence-electron chi connectivity index (χ2n) is 3.46. The van der Waals surface area contributed by atoms with Gasteiger partial charge >= 0.3 is 0 Å². The average Bonchev–Trinajstić information content (AvgIpc) is 2.35. The molecule has 2 rings (SSSR count). The number of carbonyl (C=O) groups is 1. The summed E-state index contributed by atoms with van der Waals surface area (Å²) in [5, 5.41) is 12.3. The molecular formula is C12H8BrIN2O2. The molecule has 0 saturated carbocycles. The van der Waals surface area contributed by atoms with Crippen LogP contribution in [0.3, 0.4) is 0 Å². The largest absolute Gasteiger partial charge is 0.507 e. The highest BCUT2D eigenvalue weighted by Gasteiger charge is 2.13. The number of carbonyl (C=O) groups excluding carboxylic acids is 1. The van der Waals surface area contributed by atoms with Crippen LogP contribution in [0.25, 0.3) is 0 Å². The Labute approximate surface area is 126 Å². The summed E-state index contributed by atoms with van der Waals surface area (Å²) in [6, 6.07) is 8.28. The van der Waals surface area contributed by atoms with Gasteiger partial charge in [-0.25, -0.2) is 4.98 Å². The number of nitrogens with one attached hydrogen (secondary N) is 1. The van der Waals surface area contributed by atoms with Crippen molar-refractivity contribution >= 4 is 50.1 Å². The molecule has 0 bridgehead atoms. The summed E-state index contributed by atoms with van der Waals surface area (Å²) in [5.41, 5.74) is 0.790. The molecule has 0 unspecified atom stereocenters. The molecule has 1 heterocycles. The van der Waals surface area contributed by atoms with Gasteiger partial charge in [0.1, 0.15) is 10.4 Å². The molecule has 2 aromatic rings. The summed E-state index contributed by atoms with van der Waals surface area (Å²) in [4.78, 5) is 16.0. The fourth-order valence-electron chi connectivity index (χ4n) is 1.36. The average molecular weight is 419 g/mol. The molecule has 0 radical (unpaired) electrons. The maximum absolute atomic E-state index is 12.0. The first kappa shape index (κ1) is 13.3. The van der Waals surface area contributed by atoms with Crippen molar-refractivity contribution in [2.45, 2.75) is 0 Å². The zero-order valence-electron chi connectivity index (χ0n) is 9.02. The molecule has 0 aliphatic rings. The fraction of sp³-hybridized carbons (Fsp3) is 0. The number of aromatic nitrogens is 1. The molecule has 4 nitrogen and oxygen atoms in total. The summed E-state index contributed by atoms with van der Waals surface area (Å²) in [6.07, 6.45) is 1.61. The maximum atomic E-state index is 12.0. The summed E-state index contributed by atoms with van der Waals surface area (Å²) in [7, 11) is 0. The number of amides is 1. The number of hydrogen-bond donors (Lipinski definition) is 2. The van der Waals surface area contributed by atoms with E-state index in [9.17, 15) is 9.90 Å². The van der Waals surface area contributed by atoms with Gasteiger partial charge in [0.15, 0.2) is 0 Å². The Morgan fingerprint density at radius 2 is 2.17 bits per heavy atom. The van der Waals surface area contributed by atoms with Crippen LogP contribution >= 0.6 is 38.5 Å². The number of phenols is 1. The third kappa shape index (κ3) is 2.99. The van der Waals surface area contributed by atoms with Crippen molar-refractivity contribution in [3.8, 4) is 5.75 Å². The smallest absolute Gasteiger partial charge is 0.259 e. The number of anilines is 1. The second kappa shape index (κ2) is 5.66. The number of benzene rings is 1. The topological polar surface area (TPSA) is 62.2 Å². The van der Waals surface area contributed by atoms with Crippen molar-refractivity contribution in [1.29, 1.82) is 0 Å². The first-order valence-corrected chi connectivity index (χ1v) is 6.85. The molecule has 0 aliphatic carbocycles. The van der Waals surface area contributed by atoms with Gasteiger partial charge in [-0.3, -0.25) is 4.79 Å². The number of aromatic hydroxyl groups is 1. The highest BCUT2D eigenvalue weighted by atomic mass is 127. The minimum atomic E-state index is -0.375. The van der Waals surface area contributed by atoms with Crippen LogP contribution in [0, 0.1) is 3.57 Å². The summed E-state index contributed by atoms with van der Waals surface area (Å²) < 4.78 is 1.42. The molecular weight excluding hydrogens is 411 g/mol. The molecule has 0 atom stereocenters. The molecule has 0 spiro atoms. The van der Waals surface area contributed by atoms with Crippen LogP contribution in [0.15, 0.2) is 41.1 Å². The van der Waals surface area contributed by atoms with Crippen molar-refractivity contribution in [3.63, 3.8) is 0 Å². The van der Waals surface area contributed by atoms with E-state index < -0.39 is 0 Å². The Morgan fingerprint density at radius 1 is 1.39 bits per heavy atom. The highest BCUT2D eigenvalue weighted by molar-refractivity contribution is 14.1. The molecule has 1 aromatic carbocycles. The lowest BCUT2D eigenvalue weighted by Crippen LogP contribution is -2.13. The molecule has 0 saturated heterocycles. The van der Waals surface area contributed by atoms with E-state index >= 15 is 0 Å². The van der Waals surface area contributed by atoms with Crippen molar-refractivity contribution in [1.82, 2.24) is 4.98 Å². The summed E-state index contributed by atoms with van der Waals surface area (Å²) in [5.74, 6) is -0.423. The van der Waals surface area contributed by atoms with Crippen LogP contribution in [0.2, 0.25) is 0 Å². The van der Waals surface area contributed by atoms with Gasteiger partial charge in [0.05, 0.1) is 11.3 Å². The number of rotatable bonds is 2. The number of nitrogens with zero attached hydrogens (tertiary/aromatic N) is 1. The first-order chi connectivity index (χ1) is 8.58. The molecule has 92 valence electrons. The minimum absolute atomic E-state index is 0.0482. The van der Waals surface area contributed by atoms with Crippen molar-refractivity contribution in [2.24, 2.45) is 0 Å². The van der Waals surface area contributed by atoms with Gasteiger partial charge in [-0.15, -0.1) is 0 Å². The first-order valence-electron chi connectivity index (χ1n) is 4.98. The second-order valence-corrected chi connectivity index (χ2v) is 5.45. The van der Waals surface area contributed by atoms with E-state index in [0.717, 1.165) is 3.57 Å². The molecule has 2 N–H and O–H groups in total. The van der Waals surface area contributed by atoms with Crippen LogP contribution in [0.5, 0.6) is 5.75 Å². The number of phenolic OH excluding ortho intramolecular Hbond substituents is 1. The van der Waals surface area contributed by atoms with Gasteiger partial charge < -0.3 is 10.4 Å². The van der Waals surface area contributed by atoms with Gasteiger partial charge in [-0.05, 0) is 68.9 Å². The lowest BCUT2D eigenvalue weighted by atomic mass is 10.2. The Kier molecular flexibility index (Phi) is 4.18. The van der Waals surface area contributed by atoms with Crippen molar-refractivity contribution in [3.05, 3.63) is 50.3 Å². The van der Waals surface area contributed by atoms with Crippen LogP contribution in [0.4, 0.5) is 5.69 Å². The van der Waals surface area contributed by atoms with Crippen LogP contribution in [-0.2, 0) is 0 Å². The predicted molar refractivity (Wildman–Crippen MR) is 80.7 cm³/mol. The third-order valence-electron chi connectivity index (χ3n) is 2.21. The van der Waals surface area contributed by atoms with E-state index in [1.807, 2.05) is 0 Å².